The van der Waals surface area contributed by atoms with Gasteiger partial charge in [-0.2, -0.15) is 0 Å². The topological polar surface area (TPSA) is 51.2 Å². The molecule has 2 aromatic carbocycles. The molecule has 3 nitrogen and oxygen atoms in total. The molecule has 1 unspecified atom stereocenters. The summed E-state index contributed by atoms with van der Waals surface area (Å²) in [6.45, 7) is 0. The Morgan fingerprint density at radius 2 is 1.55 bits per heavy atom. The van der Waals surface area contributed by atoms with Gasteiger partial charge in [0, 0.05) is 23.8 Å². The highest BCUT2D eigenvalue weighted by Crippen LogP contribution is 2.20. The molecule has 0 saturated carbocycles. The number of carbonyl (C=O) groups excluding carboxylic acids is 1. The third-order valence-corrected chi connectivity index (χ3v) is 4.73. The number of hydrogen-bond acceptors (Lipinski definition) is 3. The molecular weight excluding hydrogens is 310 g/mol. The average Bonchev–Trinajstić information content (AvgIpc) is 2.46. The number of sulfone groups is 1. The first-order valence-electron chi connectivity index (χ1n) is 6.51. The number of rotatable bonds is 5. The lowest BCUT2D eigenvalue weighted by Crippen LogP contribution is -2.32. The molecule has 0 heterocycles. The van der Waals surface area contributed by atoms with Gasteiger partial charge < -0.3 is 0 Å². The number of benzene rings is 2. The van der Waals surface area contributed by atoms with Gasteiger partial charge >= 0.3 is 0 Å². The van der Waals surface area contributed by atoms with E-state index in [9.17, 15) is 22.0 Å². The van der Waals surface area contributed by atoms with Gasteiger partial charge in [0.25, 0.3) is 0 Å². The summed E-state index contributed by atoms with van der Waals surface area (Å²) in [5, 5.41) is -1.53. The molecule has 22 heavy (non-hydrogen) atoms. The Labute approximate surface area is 127 Å². The van der Waals surface area contributed by atoms with E-state index in [2.05, 4.69) is 0 Å². The van der Waals surface area contributed by atoms with E-state index in [-0.39, 0.29) is 5.56 Å². The zero-order valence-electron chi connectivity index (χ0n) is 11.8. The first-order chi connectivity index (χ1) is 10.3. The fourth-order valence-corrected chi connectivity index (χ4v) is 3.13. The molecule has 0 aliphatic rings. The van der Waals surface area contributed by atoms with Crippen molar-refractivity contribution in [2.24, 2.45) is 0 Å². The van der Waals surface area contributed by atoms with Crippen LogP contribution in [0.3, 0.4) is 0 Å². The molecule has 0 bridgehead atoms. The Bertz CT molecular complexity index is 766. The quantitative estimate of drug-likeness (QED) is 0.795. The number of Topliss-reactive ketones (excluding diaryl/α,β-unsaturated/α-hetero) is 1. The van der Waals surface area contributed by atoms with E-state index in [4.69, 9.17) is 0 Å². The molecule has 0 radical (unpaired) electrons. The van der Waals surface area contributed by atoms with E-state index in [1.807, 2.05) is 0 Å². The molecule has 6 heteroatoms. The minimum Gasteiger partial charge on any atom is -0.293 e. The van der Waals surface area contributed by atoms with Crippen molar-refractivity contribution in [3.63, 3.8) is 0 Å². The second kappa shape index (κ2) is 6.36. The lowest BCUT2D eigenvalue weighted by Gasteiger charge is -2.15. The maximum absolute atomic E-state index is 13.7. The Morgan fingerprint density at radius 1 is 1.00 bits per heavy atom. The molecule has 2 aromatic rings. The van der Waals surface area contributed by atoms with Gasteiger partial charge in [0.2, 0.25) is 0 Å². The summed E-state index contributed by atoms with van der Waals surface area (Å²) in [6, 6.07) is 11.1. The Morgan fingerprint density at radius 3 is 2.05 bits per heavy atom. The second-order valence-electron chi connectivity index (χ2n) is 4.95. The molecule has 116 valence electrons. The summed E-state index contributed by atoms with van der Waals surface area (Å²) in [4.78, 5) is 12.4. The molecule has 0 spiro atoms. The highest BCUT2D eigenvalue weighted by molar-refractivity contribution is 7.92. The molecule has 0 amide bonds. The van der Waals surface area contributed by atoms with Gasteiger partial charge in [-0.1, -0.05) is 36.4 Å². The van der Waals surface area contributed by atoms with Crippen molar-refractivity contribution in [2.75, 3.05) is 6.26 Å². The van der Waals surface area contributed by atoms with Crippen LogP contribution in [0.1, 0.15) is 15.9 Å². The maximum atomic E-state index is 13.7. The number of halogens is 2. The molecule has 1 atom stereocenters. The van der Waals surface area contributed by atoms with Gasteiger partial charge in [-0.3, -0.25) is 4.79 Å². The van der Waals surface area contributed by atoms with E-state index >= 15 is 0 Å². The summed E-state index contributed by atoms with van der Waals surface area (Å²) >= 11 is 0. The molecule has 0 saturated heterocycles. The summed E-state index contributed by atoms with van der Waals surface area (Å²) in [7, 11) is -3.83. The van der Waals surface area contributed by atoms with Crippen molar-refractivity contribution in [2.45, 2.75) is 11.7 Å². The Balaban J connectivity index is 2.43. The van der Waals surface area contributed by atoms with Crippen LogP contribution in [0.25, 0.3) is 0 Å². The average molecular weight is 324 g/mol. The molecule has 2 rings (SSSR count). The number of hydrogen-bond donors (Lipinski definition) is 0. The number of carbonyl (C=O) groups is 1. The van der Waals surface area contributed by atoms with Crippen LogP contribution in [-0.4, -0.2) is 25.7 Å². The molecule has 0 N–H and O–H groups in total. The minimum absolute atomic E-state index is 0.190. The molecule has 0 fully saturated rings. The van der Waals surface area contributed by atoms with Crippen LogP contribution >= 0.6 is 0 Å². The number of ketones is 1. The summed E-state index contributed by atoms with van der Waals surface area (Å²) < 4.78 is 51.3. The van der Waals surface area contributed by atoms with Crippen LogP contribution in [0, 0.1) is 11.6 Å². The second-order valence-corrected chi connectivity index (χ2v) is 7.18. The highest BCUT2D eigenvalue weighted by atomic mass is 32.2. The summed E-state index contributed by atoms with van der Waals surface area (Å²) in [5.41, 5.74) is -0.211. The van der Waals surface area contributed by atoms with E-state index in [0.29, 0.717) is 0 Å². The Kier molecular flexibility index (Phi) is 4.71. The Hall–Kier alpha value is -2.08. The van der Waals surface area contributed by atoms with E-state index in [1.165, 1.54) is 18.2 Å². The standard InChI is InChI=1S/C16H14F2O3S/c1-22(20,21)15(16(19)11-6-3-2-4-7-11)10-12-13(17)8-5-9-14(12)18/h2-9,15H,10H2,1H3. The van der Waals surface area contributed by atoms with E-state index < -0.39 is 44.5 Å². The molecule has 0 aliphatic carbocycles. The summed E-state index contributed by atoms with van der Waals surface area (Å²) in [5.74, 6) is -2.41. The van der Waals surface area contributed by atoms with Crippen LogP contribution in [-0.2, 0) is 16.3 Å². The van der Waals surface area contributed by atoms with Crippen LogP contribution in [0.2, 0.25) is 0 Å². The fraction of sp³-hybridized carbons (Fsp3) is 0.188. The minimum atomic E-state index is -3.83. The normalized spacial score (nSPS) is 12.9. The fourth-order valence-electron chi connectivity index (χ4n) is 2.14. The first kappa shape index (κ1) is 16.3. The first-order valence-corrected chi connectivity index (χ1v) is 8.47. The van der Waals surface area contributed by atoms with Crippen molar-refractivity contribution in [3.8, 4) is 0 Å². The zero-order chi connectivity index (χ0) is 16.3. The van der Waals surface area contributed by atoms with Gasteiger partial charge in [0.05, 0.1) is 0 Å². The van der Waals surface area contributed by atoms with Gasteiger partial charge in [-0.15, -0.1) is 0 Å². The highest BCUT2D eigenvalue weighted by Gasteiger charge is 2.31. The van der Waals surface area contributed by atoms with Crippen LogP contribution < -0.4 is 0 Å². The summed E-state index contributed by atoms with van der Waals surface area (Å²) in [6.07, 6.45) is 0.350. The monoisotopic (exact) mass is 324 g/mol. The predicted octanol–water partition coefficient (Wildman–Crippen LogP) is 2.80. The molecule has 0 aromatic heterocycles. The maximum Gasteiger partial charge on any atom is 0.181 e. The van der Waals surface area contributed by atoms with Gasteiger partial charge in [0.1, 0.15) is 16.9 Å². The smallest absolute Gasteiger partial charge is 0.181 e. The third-order valence-electron chi connectivity index (χ3n) is 3.32. The largest absolute Gasteiger partial charge is 0.293 e. The van der Waals surface area contributed by atoms with Gasteiger partial charge in [0.15, 0.2) is 15.6 Å². The van der Waals surface area contributed by atoms with E-state index in [0.717, 1.165) is 18.4 Å². The lowest BCUT2D eigenvalue weighted by atomic mass is 10.0. The van der Waals surface area contributed by atoms with Crippen molar-refractivity contribution in [1.82, 2.24) is 0 Å². The molecular formula is C16H14F2O3S. The molecule has 0 aliphatic heterocycles. The van der Waals surface area contributed by atoms with Gasteiger partial charge in [-0.25, -0.2) is 17.2 Å². The van der Waals surface area contributed by atoms with E-state index in [1.54, 1.807) is 18.2 Å². The van der Waals surface area contributed by atoms with Gasteiger partial charge in [-0.05, 0) is 12.1 Å². The zero-order valence-corrected chi connectivity index (χ0v) is 12.6. The lowest BCUT2D eigenvalue weighted by molar-refractivity contribution is 0.0986. The SMILES string of the molecule is CS(=O)(=O)C(Cc1c(F)cccc1F)C(=O)c1ccccc1. The predicted molar refractivity (Wildman–Crippen MR) is 79.5 cm³/mol. The van der Waals surface area contributed by atoms with Crippen molar-refractivity contribution < 1.29 is 22.0 Å². The van der Waals surface area contributed by atoms with Crippen LogP contribution in [0.5, 0.6) is 0 Å². The van der Waals surface area contributed by atoms with Crippen molar-refractivity contribution in [3.05, 3.63) is 71.3 Å². The van der Waals surface area contributed by atoms with Crippen molar-refractivity contribution >= 4 is 15.6 Å². The third kappa shape index (κ3) is 3.57. The van der Waals surface area contributed by atoms with Crippen molar-refractivity contribution in [1.29, 1.82) is 0 Å². The van der Waals surface area contributed by atoms with Crippen LogP contribution in [0.15, 0.2) is 48.5 Å². The van der Waals surface area contributed by atoms with Crippen LogP contribution in [0.4, 0.5) is 8.78 Å².